The van der Waals surface area contributed by atoms with Crippen molar-refractivity contribution in [2.45, 2.75) is 70.7 Å². The quantitative estimate of drug-likeness (QED) is 0.692. The van der Waals surface area contributed by atoms with Crippen LogP contribution in [-0.4, -0.2) is 31.5 Å². The van der Waals surface area contributed by atoms with Gasteiger partial charge in [0, 0.05) is 19.1 Å². The molecule has 1 fully saturated rings. The third-order valence-electron chi connectivity index (χ3n) is 3.72. The van der Waals surface area contributed by atoms with Gasteiger partial charge in [-0.15, -0.1) is 0 Å². The highest BCUT2D eigenvalue weighted by Gasteiger charge is 2.32. The molecule has 1 atom stereocenters. The number of rotatable bonds is 9. The molecule has 19 heavy (non-hydrogen) atoms. The summed E-state index contributed by atoms with van der Waals surface area (Å²) in [6.07, 6.45) is -0.355. The van der Waals surface area contributed by atoms with E-state index in [1.54, 1.807) is 0 Å². The highest BCUT2D eigenvalue weighted by Crippen LogP contribution is 2.34. The van der Waals surface area contributed by atoms with E-state index in [9.17, 15) is 13.2 Å². The van der Waals surface area contributed by atoms with Gasteiger partial charge in [-0.25, -0.2) is 0 Å². The third-order valence-corrected chi connectivity index (χ3v) is 3.72. The van der Waals surface area contributed by atoms with Crippen LogP contribution in [0.4, 0.5) is 13.2 Å². The highest BCUT2D eigenvalue weighted by atomic mass is 19.4. The van der Waals surface area contributed by atoms with Crippen LogP contribution in [0.1, 0.15) is 52.4 Å². The Labute approximate surface area is 114 Å². The summed E-state index contributed by atoms with van der Waals surface area (Å²) in [7, 11) is 0. The highest BCUT2D eigenvalue weighted by molar-refractivity contribution is 4.84. The monoisotopic (exact) mass is 281 g/mol. The fourth-order valence-electron chi connectivity index (χ4n) is 2.78. The summed E-state index contributed by atoms with van der Waals surface area (Å²) < 4.78 is 41.9. The lowest BCUT2D eigenvalue weighted by Gasteiger charge is -2.37. The van der Waals surface area contributed by atoms with Gasteiger partial charge in [-0.05, 0) is 51.5 Å². The first-order valence-corrected chi connectivity index (χ1v) is 7.36. The molecule has 0 radical (unpaired) electrons. The predicted octanol–water partition coefficient (Wildman–Crippen LogP) is 3.90. The molecule has 0 aromatic heterocycles. The van der Waals surface area contributed by atoms with E-state index in [1.165, 1.54) is 0 Å². The molecular formula is C14H26F3NO. The van der Waals surface area contributed by atoms with Gasteiger partial charge in [-0.2, -0.15) is 13.2 Å². The molecule has 1 aliphatic carbocycles. The Morgan fingerprint density at radius 1 is 1.26 bits per heavy atom. The molecule has 1 rings (SSSR count). The number of halogens is 3. The summed E-state index contributed by atoms with van der Waals surface area (Å²) in [4.78, 5) is 0. The lowest BCUT2D eigenvalue weighted by Crippen LogP contribution is -2.38. The molecule has 0 heterocycles. The first-order valence-electron chi connectivity index (χ1n) is 7.36. The third kappa shape index (κ3) is 7.16. The molecule has 114 valence electrons. The molecule has 0 amide bonds. The van der Waals surface area contributed by atoms with Crippen molar-refractivity contribution < 1.29 is 17.9 Å². The Kier molecular flexibility index (Phi) is 7.15. The summed E-state index contributed by atoms with van der Waals surface area (Å²) in [5, 5.41) is 3.31. The van der Waals surface area contributed by atoms with Gasteiger partial charge in [0.15, 0.2) is 0 Å². The Morgan fingerprint density at radius 2 is 1.95 bits per heavy atom. The van der Waals surface area contributed by atoms with Crippen molar-refractivity contribution in [1.29, 1.82) is 0 Å². The number of hydrogen-bond acceptors (Lipinski definition) is 2. The van der Waals surface area contributed by atoms with Gasteiger partial charge in [-0.1, -0.05) is 6.92 Å². The van der Waals surface area contributed by atoms with E-state index in [0.717, 1.165) is 32.4 Å². The molecule has 1 N–H and O–H groups in total. The molecule has 5 heteroatoms. The average molecular weight is 281 g/mol. The second-order valence-electron chi connectivity index (χ2n) is 5.41. The van der Waals surface area contributed by atoms with Crippen molar-refractivity contribution in [2.24, 2.45) is 5.92 Å². The van der Waals surface area contributed by atoms with Crippen molar-refractivity contribution in [3.8, 4) is 0 Å². The molecule has 0 saturated heterocycles. The van der Waals surface area contributed by atoms with E-state index in [2.05, 4.69) is 5.32 Å². The molecule has 1 unspecified atom stereocenters. The smallest absolute Gasteiger partial charge is 0.378 e. The fourth-order valence-corrected chi connectivity index (χ4v) is 2.78. The van der Waals surface area contributed by atoms with E-state index in [1.807, 2.05) is 13.8 Å². The van der Waals surface area contributed by atoms with Crippen LogP contribution in [0.15, 0.2) is 0 Å². The largest absolute Gasteiger partial charge is 0.389 e. The van der Waals surface area contributed by atoms with Gasteiger partial charge in [0.05, 0.1) is 6.10 Å². The van der Waals surface area contributed by atoms with Gasteiger partial charge in [0.25, 0.3) is 0 Å². The SMILES string of the molecule is CCNC(CCCC(F)(F)F)CC1CC(OCC)C1. The summed E-state index contributed by atoms with van der Waals surface area (Å²) in [5.41, 5.74) is 0. The molecule has 0 aromatic rings. The molecule has 2 nitrogen and oxygen atoms in total. The number of ether oxygens (including phenoxy) is 1. The zero-order chi connectivity index (χ0) is 14.3. The lowest BCUT2D eigenvalue weighted by atomic mass is 9.77. The first kappa shape index (κ1) is 16.8. The summed E-state index contributed by atoms with van der Waals surface area (Å²) in [6.45, 7) is 5.56. The fraction of sp³-hybridized carbons (Fsp3) is 1.00. The van der Waals surface area contributed by atoms with Crippen molar-refractivity contribution in [1.82, 2.24) is 5.32 Å². The molecule has 0 bridgehead atoms. The van der Waals surface area contributed by atoms with Crippen LogP contribution < -0.4 is 5.32 Å². The minimum absolute atomic E-state index is 0.222. The van der Waals surface area contributed by atoms with Gasteiger partial charge in [0.2, 0.25) is 0 Å². The van der Waals surface area contributed by atoms with Crippen LogP contribution in [0, 0.1) is 5.92 Å². The lowest BCUT2D eigenvalue weighted by molar-refractivity contribution is -0.135. The standard InChI is InChI=1S/C14H26F3NO/c1-3-18-12(6-5-7-14(15,16)17)8-11-9-13(10-11)19-4-2/h11-13,18H,3-10H2,1-2H3. The predicted molar refractivity (Wildman–Crippen MR) is 70.1 cm³/mol. The molecule has 0 aromatic carbocycles. The maximum atomic E-state index is 12.1. The van der Waals surface area contributed by atoms with Gasteiger partial charge in [0.1, 0.15) is 0 Å². The van der Waals surface area contributed by atoms with Crippen molar-refractivity contribution >= 4 is 0 Å². The minimum atomic E-state index is -4.02. The van der Waals surface area contributed by atoms with Crippen LogP contribution in [0.3, 0.4) is 0 Å². The van der Waals surface area contributed by atoms with Crippen LogP contribution in [0.2, 0.25) is 0 Å². The Bertz CT molecular complexity index is 239. The first-order chi connectivity index (χ1) is 8.94. The molecule has 0 aliphatic heterocycles. The maximum Gasteiger partial charge on any atom is 0.389 e. The molecular weight excluding hydrogens is 255 g/mol. The second kappa shape index (κ2) is 8.10. The zero-order valence-corrected chi connectivity index (χ0v) is 11.9. The average Bonchev–Trinajstić information content (AvgIpc) is 2.24. The molecule has 1 aliphatic rings. The van der Waals surface area contributed by atoms with Crippen molar-refractivity contribution in [2.75, 3.05) is 13.2 Å². The Balaban J connectivity index is 2.18. The Hall–Kier alpha value is -0.290. The van der Waals surface area contributed by atoms with E-state index < -0.39 is 12.6 Å². The second-order valence-corrected chi connectivity index (χ2v) is 5.41. The normalized spacial score (nSPS) is 25.1. The number of alkyl halides is 3. The summed E-state index contributed by atoms with van der Waals surface area (Å²) >= 11 is 0. The van der Waals surface area contributed by atoms with Gasteiger partial charge < -0.3 is 10.1 Å². The molecule has 1 saturated carbocycles. The minimum Gasteiger partial charge on any atom is -0.378 e. The van der Waals surface area contributed by atoms with Crippen LogP contribution in [0.25, 0.3) is 0 Å². The number of hydrogen-bond donors (Lipinski definition) is 1. The van der Waals surface area contributed by atoms with E-state index in [0.29, 0.717) is 18.4 Å². The van der Waals surface area contributed by atoms with Crippen LogP contribution >= 0.6 is 0 Å². The van der Waals surface area contributed by atoms with Crippen LogP contribution in [0.5, 0.6) is 0 Å². The molecule has 0 spiro atoms. The Morgan fingerprint density at radius 3 is 2.47 bits per heavy atom. The summed E-state index contributed by atoms with van der Waals surface area (Å²) in [5.74, 6) is 0.617. The number of nitrogens with one attached hydrogen (secondary N) is 1. The van der Waals surface area contributed by atoms with E-state index in [-0.39, 0.29) is 12.5 Å². The maximum absolute atomic E-state index is 12.1. The topological polar surface area (TPSA) is 21.3 Å². The van der Waals surface area contributed by atoms with Crippen molar-refractivity contribution in [3.05, 3.63) is 0 Å². The zero-order valence-electron chi connectivity index (χ0n) is 11.9. The van der Waals surface area contributed by atoms with Gasteiger partial charge in [-0.3, -0.25) is 0 Å². The van der Waals surface area contributed by atoms with Crippen molar-refractivity contribution in [3.63, 3.8) is 0 Å². The summed E-state index contributed by atoms with van der Waals surface area (Å²) in [6, 6.07) is 0.222. The van der Waals surface area contributed by atoms with E-state index in [4.69, 9.17) is 4.74 Å². The van der Waals surface area contributed by atoms with E-state index >= 15 is 0 Å². The van der Waals surface area contributed by atoms with Gasteiger partial charge >= 0.3 is 6.18 Å². The van der Waals surface area contributed by atoms with Crippen LogP contribution in [-0.2, 0) is 4.74 Å².